The topological polar surface area (TPSA) is 86.8 Å². The molecule has 5 nitrogen and oxygen atoms in total. The smallest absolute Gasteiger partial charge is 0.427 e. The van der Waals surface area contributed by atoms with Gasteiger partial charge in [-0.1, -0.05) is 12.8 Å². The molecular weight excluding hydrogens is 219 g/mol. The third-order valence-corrected chi connectivity index (χ3v) is 4.15. The summed E-state index contributed by atoms with van der Waals surface area (Å²) in [5.74, 6) is 0.0929. The van der Waals surface area contributed by atoms with E-state index in [1.165, 1.54) is 12.8 Å². The summed E-state index contributed by atoms with van der Waals surface area (Å²) in [5, 5.41) is 18.2. The van der Waals surface area contributed by atoms with E-state index >= 15 is 0 Å². The van der Waals surface area contributed by atoms with Crippen molar-refractivity contribution in [2.24, 2.45) is 11.7 Å². The van der Waals surface area contributed by atoms with Crippen LogP contribution in [0.15, 0.2) is 0 Å². The van der Waals surface area contributed by atoms with E-state index in [1.807, 2.05) is 0 Å². The molecule has 1 aliphatic heterocycles. The van der Waals surface area contributed by atoms with Crippen molar-refractivity contribution in [3.05, 3.63) is 0 Å². The molecule has 1 amide bonds. The molecule has 1 saturated heterocycles. The number of rotatable bonds is 3. The molecule has 6 heteroatoms. The van der Waals surface area contributed by atoms with Crippen LogP contribution in [-0.4, -0.2) is 47.1 Å². The molecule has 0 spiro atoms. The van der Waals surface area contributed by atoms with Gasteiger partial charge in [0.15, 0.2) is 0 Å². The zero-order chi connectivity index (χ0) is 12.4. The van der Waals surface area contributed by atoms with Crippen LogP contribution in [0.5, 0.6) is 0 Å². The maximum Gasteiger partial charge on any atom is 0.456 e. The lowest BCUT2D eigenvalue weighted by Gasteiger charge is -2.24. The van der Waals surface area contributed by atoms with Gasteiger partial charge in [-0.3, -0.25) is 4.79 Å². The van der Waals surface area contributed by atoms with Crippen LogP contribution in [0.4, 0.5) is 0 Å². The Hall–Kier alpha value is -0.585. The summed E-state index contributed by atoms with van der Waals surface area (Å²) in [7, 11) is -1.32. The van der Waals surface area contributed by atoms with E-state index in [2.05, 4.69) is 0 Å². The van der Waals surface area contributed by atoms with Crippen LogP contribution < -0.4 is 5.73 Å². The number of amides is 1. The summed E-state index contributed by atoms with van der Waals surface area (Å²) in [6.45, 7) is 1.03. The molecule has 0 aromatic carbocycles. The van der Waals surface area contributed by atoms with Crippen molar-refractivity contribution in [3.8, 4) is 0 Å². The Bertz CT molecular complexity index is 282. The summed E-state index contributed by atoms with van der Waals surface area (Å²) in [5.41, 5.74) is 6.01. The first-order chi connectivity index (χ1) is 8.09. The zero-order valence-electron chi connectivity index (χ0n) is 10.1. The van der Waals surface area contributed by atoms with Gasteiger partial charge in [0.05, 0.1) is 6.04 Å². The first-order valence-corrected chi connectivity index (χ1v) is 6.50. The van der Waals surface area contributed by atoms with Crippen molar-refractivity contribution in [2.75, 3.05) is 13.1 Å². The molecule has 2 fully saturated rings. The molecule has 1 saturated carbocycles. The Labute approximate surface area is 102 Å². The fourth-order valence-corrected chi connectivity index (χ4v) is 2.96. The van der Waals surface area contributed by atoms with Crippen LogP contribution in [0, 0.1) is 5.92 Å². The Morgan fingerprint density at radius 3 is 2.47 bits per heavy atom. The molecule has 2 aliphatic rings. The van der Waals surface area contributed by atoms with Crippen LogP contribution in [-0.2, 0) is 4.79 Å². The third kappa shape index (κ3) is 2.81. The molecule has 96 valence electrons. The second-order valence-corrected chi connectivity index (χ2v) is 5.32. The maximum absolute atomic E-state index is 12.1. The highest BCUT2D eigenvalue weighted by Crippen LogP contribution is 2.29. The van der Waals surface area contributed by atoms with E-state index < -0.39 is 13.2 Å². The molecule has 2 rings (SSSR count). The Kier molecular flexibility index (Phi) is 4.07. The number of hydrogen-bond donors (Lipinski definition) is 3. The summed E-state index contributed by atoms with van der Waals surface area (Å²) in [4.78, 5) is 13.8. The molecule has 17 heavy (non-hydrogen) atoms. The molecule has 2 atom stereocenters. The minimum atomic E-state index is -1.32. The van der Waals surface area contributed by atoms with Gasteiger partial charge >= 0.3 is 7.12 Å². The first-order valence-electron chi connectivity index (χ1n) is 6.50. The Morgan fingerprint density at radius 1 is 1.29 bits per heavy atom. The van der Waals surface area contributed by atoms with E-state index in [9.17, 15) is 4.79 Å². The molecule has 0 aromatic heterocycles. The average molecular weight is 240 g/mol. The van der Waals surface area contributed by atoms with E-state index in [1.54, 1.807) is 4.90 Å². The molecule has 0 aromatic rings. The highest BCUT2D eigenvalue weighted by Gasteiger charge is 2.37. The molecule has 2 unspecified atom stereocenters. The number of carbonyl (C=O) groups excluding carboxylic acids is 1. The van der Waals surface area contributed by atoms with Crippen LogP contribution in [0.1, 0.15) is 32.1 Å². The van der Waals surface area contributed by atoms with E-state index in [0.29, 0.717) is 25.4 Å². The largest absolute Gasteiger partial charge is 0.456 e. The third-order valence-electron chi connectivity index (χ3n) is 4.15. The normalized spacial score (nSPS) is 27.5. The Morgan fingerprint density at radius 2 is 1.94 bits per heavy atom. The van der Waals surface area contributed by atoms with Crippen LogP contribution in [0.2, 0.25) is 5.82 Å². The highest BCUT2D eigenvalue weighted by molar-refractivity contribution is 6.43. The quantitative estimate of drug-likeness (QED) is 0.585. The van der Waals surface area contributed by atoms with Crippen LogP contribution in [0.3, 0.4) is 0 Å². The number of nitrogens with zero attached hydrogens (tertiary/aromatic N) is 1. The van der Waals surface area contributed by atoms with Gasteiger partial charge in [0.25, 0.3) is 0 Å². The van der Waals surface area contributed by atoms with Gasteiger partial charge < -0.3 is 20.7 Å². The first kappa shape index (κ1) is 12.9. The van der Waals surface area contributed by atoms with Gasteiger partial charge in [0.1, 0.15) is 0 Å². The van der Waals surface area contributed by atoms with Gasteiger partial charge in [0.2, 0.25) is 5.91 Å². The van der Waals surface area contributed by atoms with Gasteiger partial charge in [-0.25, -0.2) is 0 Å². The second kappa shape index (κ2) is 5.37. The van der Waals surface area contributed by atoms with Crippen molar-refractivity contribution in [2.45, 2.75) is 44.0 Å². The molecule has 0 radical (unpaired) electrons. The SMILES string of the molecule is NC(C(=O)N1CCC(B(O)O)C1)C1CCCC1. The van der Waals surface area contributed by atoms with Gasteiger partial charge in [-0.15, -0.1) is 0 Å². The summed E-state index contributed by atoms with van der Waals surface area (Å²) >= 11 is 0. The van der Waals surface area contributed by atoms with Gasteiger partial charge in [0, 0.05) is 18.9 Å². The molecule has 0 bridgehead atoms. The van der Waals surface area contributed by atoms with Crippen LogP contribution >= 0.6 is 0 Å². The van der Waals surface area contributed by atoms with E-state index in [-0.39, 0.29) is 11.7 Å². The number of hydrogen-bond acceptors (Lipinski definition) is 4. The second-order valence-electron chi connectivity index (χ2n) is 5.32. The van der Waals surface area contributed by atoms with E-state index in [4.69, 9.17) is 15.8 Å². The van der Waals surface area contributed by atoms with Crippen molar-refractivity contribution in [1.82, 2.24) is 4.90 Å². The molecular formula is C11H21BN2O3. The fraction of sp³-hybridized carbons (Fsp3) is 0.909. The standard InChI is InChI=1S/C11H21BN2O3/c13-10(8-3-1-2-4-8)11(15)14-6-5-9(7-14)12(16)17/h8-10,16-17H,1-7,13H2. The van der Waals surface area contributed by atoms with Gasteiger partial charge in [-0.2, -0.15) is 0 Å². The molecule has 4 N–H and O–H groups in total. The van der Waals surface area contributed by atoms with E-state index in [0.717, 1.165) is 12.8 Å². The average Bonchev–Trinajstić information content (AvgIpc) is 2.97. The lowest BCUT2D eigenvalue weighted by Crippen LogP contribution is -2.46. The lowest BCUT2D eigenvalue weighted by atomic mass is 9.72. The number of likely N-dealkylation sites (tertiary alicyclic amines) is 1. The Balaban J connectivity index is 1.87. The van der Waals surface area contributed by atoms with Crippen LogP contribution in [0.25, 0.3) is 0 Å². The minimum Gasteiger partial charge on any atom is -0.427 e. The predicted octanol–water partition coefficient (Wildman–Crippen LogP) is -0.421. The zero-order valence-corrected chi connectivity index (χ0v) is 10.1. The molecule has 1 heterocycles. The highest BCUT2D eigenvalue weighted by atomic mass is 16.4. The summed E-state index contributed by atoms with van der Waals surface area (Å²) in [6.07, 6.45) is 5.09. The monoisotopic (exact) mass is 240 g/mol. The van der Waals surface area contributed by atoms with Crippen molar-refractivity contribution >= 4 is 13.0 Å². The number of nitrogens with two attached hydrogens (primary N) is 1. The van der Waals surface area contributed by atoms with Crippen molar-refractivity contribution < 1.29 is 14.8 Å². The van der Waals surface area contributed by atoms with Crippen molar-refractivity contribution in [3.63, 3.8) is 0 Å². The summed E-state index contributed by atoms with van der Waals surface area (Å²) < 4.78 is 0. The summed E-state index contributed by atoms with van der Waals surface area (Å²) in [6, 6.07) is -0.396. The van der Waals surface area contributed by atoms with Crippen molar-refractivity contribution in [1.29, 1.82) is 0 Å². The lowest BCUT2D eigenvalue weighted by molar-refractivity contribution is -0.132. The maximum atomic E-state index is 12.1. The fourth-order valence-electron chi connectivity index (χ4n) is 2.96. The predicted molar refractivity (Wildman–Crippen MR) is 65.1 cm³/mol. The minimum absolute atomic E-state index is 0.0138. The van der Waals surface area contributed by atoms with Gasteiger partial charge in [-0.05, 0) is 25.2 Å². The molecule has 1 aliphatic carbocycles. The number of carbonyl (C=O) groups is 1.